The molecule has 0 aromatic heterocycles. The summed E-state index contributed by atoms with van der Waals surface area (Å²) in [5.41, 5.74) is 1.03. The van der Waals surface area contributed by atoms with Gasteiger partial charge in [-0.25, -0.2) is 8.42 Å². The molecule has 0 saturated carbocycles. The molecule has 8 nitrogen and oxygen atoms in total. The summed E-state index contributed by atoms with van der Waals surface area (Å²) < 4.78 is 34.3. The van der Waals surface area contributed by atoms with E-state index in [1.165, 1.54) is 35.8 Å². The first-order valence-corrected chi connectivity index (χ1v) is 15.3. The first-order chi connectivity index (χ1) is 18.6. The third-order valence-corrected chi connectivity index (χ3v) is 8.83. The first kappa shape index (κ1) is 30.3. The highest BCUT2D eigenvalue weighted by Gasteiger charge is 2.32. The van der Waals surface area contributed by atoms with E-state index in [0.717, 1.165) is 14.8 Å². The Labute approximate surface area is 239 Å². The minimum Gasteiger partial charge on any atom is -0.494 e. The molecule has 1 N–H and O–H groups in total. The quantitative estimate of drug-likeness (QED) is 0.304. The molecule has 39 heavy (non-hydrogen) atoms. The van der Waals surface area contributed by atoms with Gasteiger partial charge in [0.25, 0.3) is 10.0 Å². The molecule has 3 rings (SSSR count). The number of benzene rings is 3. The van der Waals surface area contributed by atoms with Crippen molar-refractivity contribution in [1.82, 2.24) is 10.2 Å². The Kier molecular flexibility index (Phi) is 10.7. The third-order valence-electron chi connectivity index (χ3n) is 6.04. The summed E-state index contributed by atoms with van der Waals surface area (Å²) in [6, 6.07) is 19.0. The van der Waals surface area contributed by atoms with Crippen molar-refractivity contribution in [1.29, 1.82) is 0 Å². The normalized spacial score (nSPS) is 11.9. The van der Waals surface area contributed by atoms with Crippen LogP contribution in [-0.2, 0) is 26.2 Å². The number of ether oxygens (including phenoxy) is 1. The van der Waals surface area contributed by atoms with E-state index >= 15 is 0 Å². The summed E-state index contributed by atoms with van der Waals surface area (Å²) in [5, 5.41) is 3.10. The number of rotatable bonds is 12. The molecular weight excluding hydrogens is 558 g/mol. The van der Waals surface area contributed by atoms with Crippen LogP contribution in [0.5, 0.6) is 5.75 Å². The predicted octanol–water partition coefficient (Wildman–Crippen LogP) is 4.82. The van der Waals surface area contributed by atoms with Gasteiger partial charge in [-0.3, -0.25) is 13.9 Å². The molecule has 0 heterocycles. The number of sulfonamides is 1. The van der Waals surface area contributed by atoms with E-state index in [2.05, 4.69) is 5.32 Å². The van der Waals surface area contributed by atoms with Crippen molar-refractivity contribution in [3.05, 3.63) is 83.4 Å². The van der Waals surface area contributed by atoms with Crippen LogP contribution in [0.4, 0.5) is 5.69 Å². The number of halogens is 1. The minimum atomic E-state index is -4.15. The van der Waals surface area contributed by atoms with E-state index in [9.17, 15) is 18.0 Å². The summed E-state index contributed by atoms with van der Waals surface area (Å²) in [4.78, 5) is 28.7. The van der Waals surface area contributed by atoms with Gasteiger partial charge in [0.05, 0.1) is 17.2 Å². The fraction of sp³-hybridized carbons (Fsp3) is 0.286. The molecular formula is C28H32ClN3O5S2. The summed E-state index contributed by atoms with van der Waals surface area (Å²) in [7, 11) is -2.66. The Morgan fingerprint density at radius 1 is 1.00 bits per heavy atom. The van der Waals surface area contributed by atoms with Crippen molar-refractivity contribution in [2.45, 2.75) is 36.2 Å². The van der Waals surface area contributed by atoms with Crippen LogP contribution in [-0.4, -0.2) is 57.6 Å². The smallest absolute Gasteiger partial charge is 0.264 e. The van der Waals surface area contributed by atoms with Gasteiger partial charge in [0.1, 0.15) is 18.3 Å². The Bertz CT molecular complexity index is 1370. The number of nitrogens with zero attached hydrogens (tertiary/aromatic N) is 2. The zero-order valence-corrected chi connectivity index (χ0v) is 24.6. The average Bonchev–Trinajstić information content (AvgIpc) is 2.95. The summed E-state index contributed by atoms with van der Waals surface area (Å²) in [5.74, 6) is -0.341. The van der Waals surface area contributed by atoms with Gasteiger partial charge < -0.3 is 15.0 Å². The average molecular weight is 590 g/mol. The molecule has 0 saturated heterocycles. The second-order valence-electron chi connectivity index (χ2n) is 8.55. The molecule has 1 atom stereocenters. The molecule has 0 bridgehead atoms. The van der Waals surface area contributed by atoms with Crippen LogP contribution in [0.2, 0.25) is 5.02 Å². The van der Waals surface area contributed by atoms with Crippen LogP contribution in [0.3, 0.4) is 0 Å². The molecule has 208 valence electrons. The number of nitrogens with one attached hydrogen (secondary N) is 1. The van der Waals surface area contributed by atoms with E-state index in [0.29, 0.717) is 23.1 Å². The van der Waals surface area contributed by atoms with Gasteiger partial charge in [0.2, 0.25) is 11.8 Å². The number of carbonyl (C=O) groups is 2. The maximum Gasteiger partial charge on any atom is 0.264 e. The number of likely N-dealkylation sites (N-methyl/N-ethyl adjacent to an activating group) is 1. The Morgan fingerprint density at radius 2 is 1.62 bits per heavy atom. The molecule has 2 amide bonds. The number of hydrogen-bond donors (Lipinski definition) is 1. The van der Waals surface area contributed by atoms with Gasteiger partial charge in [0.15, 0.2) is 0 Å². The summed E-state index contributed by atoms with van der Waals surface area (Å²) in [6.45, 7) is 3.48. The number of amides is 2. The van der Waals surface area contributed by atoms with E-state index in [-0.39, 0.29) is 17.3 Å². The lowest BCUT2D eigenvalue weighted by molar-refractivity contribution is -0.139. The molecule has 0 spiro atoms. The van der Waals surface area contributed by atoms with Gasteiger partial charge in [0, 0.05) is 23.5 Å². The lowest BCUT2D eigenvalue weighted by atomic mass is 10.1. The van der Waals surface area contributed by atoms with Crippen molar-refractivity contribution >= 4 is 50.9 Å². The monoisotopic (exact) mass is 589 g/mol. The number of thioether (sulfide) groups is 1. The highest BCUT2D eigenvalue weighted by Crippen LogP contribution is 2.28. The lowest BCUT2D eigenvalue weighted by Gasteiger charge is -2.31. The maximum atomic E-state index is 13.9. The van der Waals surface area contributed by atoms with Crippen LogP contribution in [0.25, 0.3) is 0 Å². The van der Waals surface area contributed by atoms with Crippen molar-refractivity contribution in [3.63, 3.8) is 0 Å². The van der Waals surface area contributed by atoms with Crippen LogP contribution in [0.1, 0.15) is 19.4 Å². The molecule has 3 aromatic rings. The third kappa shape index (κ3) is 7.68. The topological polar surface area (TPSA) is 96.0 Å². The largest absolute Gasteiger partial charge is 0.494 e. The van der Waals surface area contributed by atoms with E-state index in [4.69, 9.17) is 16.3 Å². The summed E-state index contributed by atoms with van der Waals surface area (Å²) >= 11 is 7.51. The Morgan fingerprint density at radius 3 is 2.15 bits per heavy atom. The number of carbonyl (C=O) groups excluding carboxylic acids is 2. The van der Waals surface area contributed by atoms with Crippen LogP contribution in [0.15, 0.2) is 82.6 Å². The molecule has 0 aliphatic heterocycles. The number of anilines is 1. The Hall–Kier alpha value is -3.21. The SMILES string of the molecule is CCOc1ccc(N(CC(=O)N(Cc2ccc(Cl)cc2)[C@@H](C)C(=O)NC)S(=O)(=O)c2ccc(SC)cc2)cc1. The van der Waals surface area contributed by atoms with Crippen molar-refractivity contribution in [3.8, 4) is 5.75 Å². The van der Waals surface area contributed by atoms with Crippen molar-refractivity contribution in [2.75, 3.05) is 30.8 Å². The molecule has 11 heteroatoms. The van der Waals surface area contributed by atoms with E-state index in [1.807, 2.05) is 13.2 Å². The molecule has 0 radical (unpaired) electrons. The fourth-order valence-electron chi connectivity index (χ4n) is 3.86. The zero-order chi connectivity index (χ0) is 28.6. The predicted molar refractivity (Wildman–Crippen MR) is 156 cm³/mol. The van der Waals surface area contributed by atoms with E-state index < -0.39 is 28.5 Å². The first-order valence-electron chi connectivity index (χ1n) is 12.3. The van der Waals surface area contributed by atoms with Gasteiger partial charge in [-0.2, -0.15) is 0 Å². The zero-order valence-electron chi connectivity index (χ0n) is 22.3. The van der Waals surface area contributed by atoms with Gasteiger partial charge in [-0.05, 0) is 86.3 Å². The van der Waals surface area contributed by atoms with Crippen LogP contribution >= 0.6 is 23.4 Å². The molecule has 0 aliphatic rings. The lowest BCUT2D eigenvalue weighted by Crippen LogP contribution is -2.50. The molecule has 0 unspecified atom stereocenters. The van der Waals surface area contributed by atoms with Crippen molar-refractivity contribution < 1.29 is 22.7 Å². The fourth-order valence-corrected chi connectivity index (χ4v) is 5.81. The van der Waals surface area contributed by atoms with Crippen LogP contribution < -0.4 is 14.4 Å². The molecule has 0 fully saturated rings. The highest BCUT2D eigenvalue weighted by molar-refractivity contribution is 7.98. The standard InChI is InChI=1S/C28H32ClN3O5S2/c1-5-37-24-12-10-23(11-13-24)32(39(35,36)26-16-14-25(38-4)15-17-26)19-27(33)31(20(2)28(34)30-3)18-21-6-8-22(29)9-7-21/h6-17,20H,5,18-19H2,1-4H3,(H,30,34)/t20-/m0/s1. The molecule has 3 aromatic carbocycles. The van der Waals surface area contributed by atoms with Crippen LogP contribution in [0, 0.1) is 0 Å². The minimum absolute atomic E-state index is 0.0468. The second kappa shape index (κ2) is 13.7. The van der Waals surface area contributed by atoms with Crippen molar-refractivity contribution in [2.24, 2.45) is 0 Å². The van der Waals surface area contributed by atoms with Gasteiger partial charge in [-0.15, -0.1) is 11.8 Å². The highest BCUT2D eigenvalue weighted by atomic mass is 35.5. The molecule has 0 aliphatic carbocycles. The van der Waals surface area contributed by atoms with E-state index in [1.54, 1.807) is 67.6 Å². The van der Waals surface area contributed by atoms with Gasteiger partial charge in [-0.1, -0.05) is 23.7 Å². The maximum absolute atomic E-state index is 13.9. The number of hydrogen-bond acceptors (Lipinski definition) is 6. The Balaban J connectivity index is 2.02. The second-order valence-corrected chi connectivity index (χ2v) is 11.7. The summed E-state index contributed by atoms with van der Waals surface area (Å²) in [6.07, 6.45) is 1.90. The van der Waals surface area contributed by atoms with Gasteiger partial charge >= 0.3 is 0 Å².